The third kappa shape index (κ3) is 5.25. The predicted molar refractivity (Wildman–Crippen MR) is 122 cm³/mol. The maximum Gasteiger partial charge on any atom is 0.251 e. The molecule has 5 rings (SSSR count). The molecule has 2 atom stereocenters. The van der Waals surface area contributed by atoms with Gasteiger partial charge in [-0.25, -0.2) is 0 Å². The highest BCUT2D eigenvalue weighted by molar-refractivity contribution is 5.94. The predicted octanol–water partition coefficient (Wildman–Crippen LogP) is 3.57. The number of likely N-dealkylation sites (tertiary alicyclic amines) is 1. The number of rotatable bonds is 6. The van der Waals surface area contributed by atoms with E-state index in [1.54, 1.807) is 0 Å². The molecule has 0 spiro atoms. The van der Waals surface area contributed by atoms with Gasteiger partial charge in [0.15, 0.2) is 0 Å². The molecular weight excluding hydrogens is 404 g/mol. The van der Waals surface area contributed by atoms with Gasteiger partial charge in [0.05, 0.1) is 12.6 Å². The highest BCUT2D eigenvalue weighted by Gasteiger charge is 2.23. The monoisotopic (exact) mass is 436 g/mol. The summed E-state index contributed by atoms with van der Waals surface area (Å²) in [4.78, 5) is 15.2. The van der Waals surface area contributed by atoms with Gasteiger partial charge >= 0.3 is 0 Å². The largest absolute Gasteiger partial charge is 0.491 e. The van der Waals surface area contributed by atoms with E-state index >= 15 is 0 Å². The Labute approximate surface area is 189 Å². The van der Waals surface area contributed by atoms with Crippen molar-refractivity contribution in [2.24, 2.45) is 0 Å². The quantitative estimate of drug-likeness (QED) is 0.750. The summed E-state index contributed by atoms with van der Waals surface area (Å²) >= 11 is 0. The Bertz CT molecular complexity index is 918. The Morgan fingerprint density at radius 2 is 1.91 bits per heavy atom. The second-order valence-electron chi connectivity index (χ2n) is 9.09. The molecule has 0 aliphatic carbocycles. The first-order chi connectivity index (χ1) is 15.7. The zero-order valence-corrected chi connectivity index (χ0v) is 18.6. The van der Waals surface area contributed by atoms with E-state index in [1.807, 2.05) is 24.3 Å². The fourth-order valence-corrected chi connectivity index (χ4v) is 4.76. The summed E-state index contributed by atoms with van der Waals surface area (Å²) < 4.78 is 17.4. The highest BCUT2D eigenvalue weighted by Crippen LogP contribution is 2.27. The zero-order chi connectivity index (χ0) is 21.8. The Morgan fingerprint density at radius 3 is 2.69 bits per heavy atom. The average Bonchev–Trinajstić information content (AvgIpc) is 3.33. The van der Waals surface area contributed by atoms with E-state index in [9.17, 15) is 4.79 Å². The molecule has 1 N–H and O–H groups in total. The number of carbonyl (C=O) groups is 1. The first-order valence-electron chi connectivity index (χ1n) is 11.9. The summed E-state index contributed by atoms with van der Waals surface area (Å²) in [6, 6.07) is 13.8. The minimum atomic E-state index is -0.0831. The minimum Gasteiger partial charge on any atom is -0.491 e. The van der Waals surface area contributed by atoms with Crippen LogP contribution in [0.5, 0.6) is 11.5 Å². The van der Waals surface area contributed by atoms with Crippen LogP contribution in [-0.2, 0) is 17.7 Å². The SMILES string of the molecule is O=C(N[C@H]1COc2cc(CN3CCCC3)ccc2C1)c1ccc(OC2CCCOC2)cc1. The van der Waals surface area contributed by atoms with Gasteiger partial charge in [0, 0.05) is 18.7 Å². The van der Waals surface area contributed by atoms with Crippen LogP contribution < -0.4 is 14.8 Å². The van der Waals surface area contributed by atoms with Crippen LogP contribution in [0.1, 0.15) is 47.2 Å². The van der Waals surface area contributed by atoms with Crippen molar-refractivity contribution in [1.29, 1.82) is 0 Å². The number of hydrogen-bond acceptors (Lipinski definition) is 5. The highest BCUT2D eigenvalue weighted by atomic mass is 16.5. The number of nitrogens with one attached hydrogen (secondary N) is 1. The molecule has 0 saturated carbocycles. The van der Waals surface area contributed by atoms with Crippen molar-refractivity contribution < 1.29 is 19.0 Å². The molecule has 2 aromatic rings. The van der Waals surface area contributed by atoms with Gasteiger partial charge in [-0.05, 0) is 86.7 Å². The lowest BCUT2D eigenvalue weighted by atomic mass is 10.00. The summed E-state index contributed by atoms with van der Waals surface area (Å²) in [7, 11) is 0. The first-order valence-corrected chi connectivity index (χ1v) is 11.9. The van der Waals surface area contributed by atoms with Crippen LogP contribution in [0, 0.1) is 0 Å². The average molecular weight is 437 g/mol. The summed E-state index contributed by atoms with van der Waals surface area (Å²) in [5.74, 6) is 1.65. The molecule has 0 aromatic heterocycles. The van der Waals surface area contributed by atoms with Crippen molar-refractivity contribution in [2.75, 3.05) is 32.9 Å². The van der Waals surface area contributed by atoms with Gasteiger partial charge in [-0.3, -0.25) is 9.69 Å². The summed E-state index contributed by atoms with van der Waals surface area (Å²) in [5.41, 5.74) is 3.09. The van der Waals surface area contributed by atoms with E-state index in [2.05, 4.69) is 28.4 Å². The molecular formula is C26H32N2O4. The van der Waals surface area contributed by atoms with Gasteiger partial charge in [-0.15, -0.1) is 0 Å². The van der Waals surface area contributed by atoms with Gasteiger partial charge in [-0.1, -0.05) is 12.1 Å². The molecule has 32 heavy (non-hydrogen) atoms. The molecule has 1 unspecified atom stereocenters. The van der Waals surface area contributed by atoms with Crippen molar-refractivity contribution in [3.05, 3.63) is 59.2 Å². The number of amides is 1. The first kappa shape index (κ1) is 21.3. The molecule has 3 aliphatic rings. The van der Waals surface area contributed by atoms with Crippen molar-refractivity contribution in [2.45, 2.75) is 50.8 Å². The second kappa shape index (κ2) is 9.92. The van der Waals surface area contributed by atoms with E-state index < -0.39 is 0 Å². The topological polar surface area (TPSA) is 60.0 Å². The van der Waals surface area contributed by atoms with Crippen LogP contribution >= 0.6 is 0 Å². The van der Waals surface area contributed by atoms with Gasteiger partial charge in [0.2, 0.25) is 0 Å². The smallest absolute Gasteiger partial charge is 0.251 e. The van der Waals surface area contributed by atoms with Crippen LogP contribution in [0.3, 0.4) is 0 Å². The fourth-order valence-electron chi connectivity index (χ4n) is 4.76. The number of benzene rings is 2. The van der Waals surface area contributed by atoms with E-state index in [4.69, 9.17) is 14.2 Å². The molecule has 3 aliphatic heterocycles. The molecule has 2 fully saturated rings. The van der Waals surface area contributed by atoms with Crippen LogP contribution in [0.2, 0.25) is 0 Å². The third-order valence-electron chi connectivity index (χ3n) is 6.52. The number of ether oxygens (including phenoxy) is 3. The maximum absolute atomic E-state index is 12.7. The molecule has 6 heteroatoms. The summed E-state index contributed by atoms with van der Waals surface area (Å²) in [6.07, 6.45) is 5.51. The van der Waals surface area contributed by atoms with E-state index in [0.717, 1.165) is 49.5 Å². The number of carbonyl (C=O) groups excluding carboxylic acids is 1. The minimum absolute atomic E-state index is 0.0326. The van der Waals surface area contributed by atoms with Gasteiger partial charge < -0.3 is 19.5 Å². The van der Waals surface area contributed by atoms with Gasteiger partial charge in [0.25, 0.3) is 5.91 Å². The number of nitrogens with zero attached hydrogens (tertiary/aromatic N) is 1. The lowest BCUT2D eigenvalue weighted by molar-refractivity contribution is 0.00742. The summed E-state index contributed by atoms with van der Waals surface area (Å²) in [6.45, 7) is 5.31. The second-order valence-corrected chi connectivity index (χ2v) is 9.09. The lowest BCUT2D eigenvalue weighted by Crippen LogP contribution is -2.42. The standard InChI is InChI=1S/C26H32N2O4/c29-26(20-7-9-23(10-8-20)32-24-4-3-13-30-18-24)27-22-15-21-6-5-19(14-25(21)31-17-22)16-28-11-1-2-12-28/h5-10,14,22,24H,1-4,11-13,15-18H2,(H,27,29)/t22-,24?/m1/s1. The Kier molecular flexibility index (Phi) is 6.60. The molecule has 170 valence electrons. The molecule has 0 radical (unpaired) electrons. The van der Waals surface area contributed by atoms with Gasteiger partial charge in [0.1, 0.15) is 24.2 Å². The third-order valence-corrected chi connectivity index (χ3v) is 6.52. The molecule has 1 amide bonds. The molecule has 3 heterocycles. The molecule has 0 bridgehead atoms. The van der Waals surface area contributed by atoms with Crippen molar-refractivity contribution >= 4 is 5.91 Å². The number of hydrogen-bond donors (Lipinski definition) is 1. The lowest BCUT2D eigenvalue weighted by Gasteiger charge is -2.27. The Hall–Kier alpha value is -2.57. The molecule has 2 aromatic carbocycles. The van der Waals surface area contributed by atoms with Crippen molar-refractivity contribution in [3.63, 3.8) is 0 Å². The van der Waals surface area contributed by atoms with E-state index in [1.165, 1.54) is 31.5 Å². The maximum atomic E-state index is 12.7. The fraction of sp³-hybridized carbons (Fsp3) is 0.500. The van der Waals surface area contributed by atoms with Crippen LogP contribution in [-0.4, -0.2) is 55.9 Å². The van der Waals surface area contributed by atoms with Crippen molar-refractivity contribution in [1.82, 2.24) is 10.2 Å². The van der Waals surface area contributed by atoms with Gasteiger partial charge in [-0.2, -0.15) is 0 Å². The zero-order valence-electron chi connectivity index (χ0n) is 18.6. The van der Waals surface area contributed by atoms with Crippen LogP contribution in [0.4, 0.5) is 0 Å². The van der Waals surface area contributed by atoms with Crippen molar-refractivity contribution in [3.8, 4) is 11.5 Å². The Balaban J connectivity index is 1.14. The molecule has 6 nitrogen and oxygen atoms in total. The van der Waals surface area contributed by atoms with Crippen LogP contribution in [0.15, 0.2) is 42.5 Å². The molecule has 2 saturated heterocycles. The number of fused-ring (bicyclic) bond motifs is 1. The van der Waals surface area contributed by atoms with Crippen LogP contribution in [0.25, 0.3) is 0 Å². The normalized spacial score (nSPS) is 23.2. The van der Waals surface area contributed by atoms with E-state index in [0.29, 0.717) is 18.8 Å². The summed E-state index contributed by atoms with van der Waals surface area (Å²) in [5, 5.41) is 3.12. The Morgan fingerprint density at radius 1 is 1.06 bits per heavy atom. The van der Waals surface area contributed by atoms with E-state index in [-0.39, 0.29) is 18.1 Å².